The van der Waals surface area contributed by atoms with Crippen LogP contribution in [-0.4, -0.2) is 14.1 Å². The van der Waals surface area contributed by atoms with Gasteiger partial charge in [-0.15, -0.1) is 29.7 Å². The van der Waals surface area contributed by atoms with E-state index in [0.717, 1.165) is 72.4 Å². The predicted octanol–water partition coefficient (Wildman–Crippen LogP) is 13.9. The fourth-order valence-electron chi connectivity index (χ4n) is 9.26. The van der Waals surface area contributed by atoms with Gasteiger partial charge in [0.25, 0.3) is 6.33 Å². The average molecular weight is 1000 g/mol. The second kappa shape index (κ2) is 15.5. The van der Waals surface area contributed by atoms with Gasteiger partial charge in [0, 0.05) is 43.6 Å². The molecule has 0 atom stereocenters. The molecule has 0 saturated heterocycles. The molecule has 0 spiro atoms. The molecule has 310 valence electrons. The van der Waals surface area contributed by atoms with Crippen LogP contribution in [0.3, 0.4) is 0 Å². The van der Waals surface area contributed by atoms with E-state index in [0.29, 0.717) is 11.5 Å². The van der Waals surface area contributed by atoms with Crippen molar-refractivity contribution < 1.29 is 30.4 Å². The summed E-state index contributed by atoms with van der Waals surface area (Å²) in [6.45, 7) is 6.74. The molecule has 0 bridgehead atoms. The van der Waals surface area contributed by atoms with Crippen molar-refractivity contribution in [3.8, 4) is 73.3 Å². The number of nitrogens with zero attached hydrogens (tertiary/aromatic N) is 4. The van der Waals surface area contributed by atoms with Crippen LogP contribution >= 0.6 is 0 Å². The van der Waals surface area contributed by atoms with Crippen molar-refractivity contribution in [2.45, 2.75) is 26.2 Å². The predicted molar refractivity (Wildman–Crippen MR) is 254 cm³/mol. The molecule has 0 amide bonds. The van der Waals surface area contributed by atoms with E-state index >= 15 is 0 Å². The molecule has 11 aromatic rings. The molecule has 1 aliphatic heterocycles. The van der Waals surface area contributed by atoms with Crippen LogP contribution in [0.1, 0.15) is 26.3 Å². The van der Waals surface area contributed by atoms with E-state index in [-0.39, 0.29) is 26.5 Å². The van der Waals surface area contributed by atoms with Crippen LogP contribution < -0.4 is 9.30 Å². The van der Waals surface area contributed by atoms with Gasteiger partial charge in [-0.3, -0.25) is 4.57 Å². The smallest absolute Gasteiger partial charge is 0.268 e. The Labute approximate surface area is 386 Å². The summed E-state index contributed by atoms with van der Waals surface area (Å²) in [5, 5.41) is 2.20. The molecule has 4 heterocycles. The largest absolute Gasteiger partial charge is 0.510 e. The Hall–Kier alpha value is -7.33. The van der Waals surface area contributed by atoms with E-state index in [1.54, 1.807) is 0 Å². The zero-order valence-electron chi connectivity index (χ0n) is 35.4. The Morgan fingerprint density at radius 1 is 0.531 bits per heavy atom. The van der Waals surface area contributed by atoms with E-state index in [2.05, 4.69) is 217 Å². The fourth-order valence-corrected chi connectivity index (χ4v) is 9.26. The number of imidazole rings is 1. The third-order valence-electron chi connectivity index (χ3n) is 12.3. The maximum Gasteiger partial charge on any atom is 0.268 e. The van der Waals surface area contributed by atoms with Crippen molar-refractivity contribution in [1.82, 2.24) is 14.1 Å². The summed E-state index contributed by atoms with van der Waals surface area (Å²) in [6, 6.07) is 73.3. The Morgan fingerprint density at radius 3 is 1.91 bits per heavy atom. The van der Waals surface area contributed by atoms with Crippen LogP contribution in [0.4, 0.5) is 0 Å². The second-order valence-electron chi connectivity index (χ2n) is 17.2. The van der Waals surface area contributed by atoms with Gasteiger partial charge in [-0.05, 0) is 79.7 Å². The van der Waals surface area contributed by atoms with Gasteiger partial charge in [0.1, 0.15) is 5.82 Å². The summed E-state index contributed by atoms with van der Waals surface area (Å²) >= 11 is 0. The summed E-state index contributed by atoms with van der Waals surface area (Å²) in [5.74, 6) is 1.99. The SMILES string of the molecule is CC(C)(C)c1cc(-c2ccccc2)nc(-n2c3[c-]c(Oc4[c-]c(-n5[c-][n+]6c7c(cccc75)-c5ccccc5-c5ccccc5-c5ccccc5-6)ccc4)ccc3c3ccccc32)c1.[Pt]. The van der Waals surface area contributed by atoms with E-state index in [1.165, 1.54) is 27.8 Å². The molecule has 6 heteroatoms. The number of hydrogen-bond donors (Lipinski definition) is 0. The third kappa shape index (κ3) is 6.50. The number of rotatable bonds is 5. The molecule has 0 radical (unpaired) electrons. The first-order chi connectivity index (χ1) is 30.9. The first-order valence-electron chi connectivity index (χ1n) is 21.4. The summed E-state index contributed by atoms with van der Waals surface area (Å²) in [5.41, 5.74) is 16.0. The molecule has 1 aliphatic rings. The van der Waals surface area contributed by atoms with Gasteiger partial charge in [0.15, 0.2) is 0 Å². The molecule has 0 N–H and O–H groups in total. The molecule has 12 rings (SSSR count). The molecule has 64 heavy (non-hydrogen) atoms. The van der Waals surface area contributed by atoms with Gasteiger partial charge in [-0.25, -0.2) is 4.98 Å². The van der Waals surface area contributed by atoms with Crippen LogP contribution in [0.2, 0.25) is 0 Å². The number of benzene rings is 8. The summed E-state index contributed by atoms with van der Waals surface area (Å²) in [4.78, 5) is 5.31. The van der Waals surface area contributed by atoms with Gasteiger partial charge >= 0.3 is 0 Å². The number of ether oxygens (including phenoxy) is 1. The van der Waals surface area contributed by atoms with Crippen molar-refractivity contribution >= 4 is 32.8 Å². The monoisotopic (exact) mass is 1000 g/mol. The molecule has 3 aromatic heterocycles. The van der Waals surface area contributed by atoms with Crippen molar-refractivity contribution in [2.24, 2.45) is 0 Å². The number of fused-ring (bicyclic) bond motifs is 10. The van der Waals surface area contributed by atoms with Gasteiger partial charge in [-0.2, -0.15) is 18.2 Å². The van der Waals surface area contributed by atoms with E-state index in [4.69, 9.17) is 9.72 Å². The van der Waals surface area contributed by atoms with Crippen molar-refractivity contribution in [3.63, 3.8) is 0 Å². The van der Waals surface area contributed by atoms with E-state index in [1.807, 2.05) is 24.3 Å². The van der Waals surface area contributed by atoms with Crippen molar-refractivity contribution in [2.75, 3.05) is 0 Å². The zero-order chi connectivity index (χ0) is 42.2. The number of hydrogen-bond acceptors (Lipinski definition) is 2. The number of para-hydroxylation sites is 3. The Kier molecular flexibility index (Phi) is 9.56. The topological polar surface area (TPSA) is 35.9 Å². The maximum absolute atomic E-state index is 6.71. The molecule has 0 saturated carbocycles. The Morgan fingerprint density at radius 2 is 1.14 bits per heavy atom. The first-order valence-corrected chi connectivity index (χ1v) is 21.4. The van der Waals surface area contributed by atoms with Gasteiger partial charge in [0.05, 0.1) is 22.4 Å². The zero-order valence-corrected chi connectivity index (χ0v) is 37.7. The van der Waals surface area contributed by atoms with Crippen LogP contribution in [-0.2, 0) is 26.5 Å². The van der Waals surface area contributed by atoms with Crippen LogP contribution in [0.5, 0.6) is 11.5 Å². The van der Waals surface area contributed by atoms with Crippen LogP contribution in [0.25, 0.3) is 94.7 Å². The maximum atomic E-state index is 6.71. The third-order valence-corrected chi connectivity index (χ3v) is 12.3. The van der Waals surface area contributed by atoms with Gasteiger partial charge in [-0.1, -0.05) is 160 Å². The summed E-state index contributed by atoms with van der Waals surface area (Å²) in [6.07, 6.45) is 3.78. The average Bonchev–Trinajstić information content (AvgIpc) is 3.88. The second-order valence-corrected chi connectivity index (χ2v) is 17.2. The quantitative estimate of drug-likeness (QED) is 0.127. The normalized spacial score (nSPS) is 11.9. The Balaban J connectivity index is 0.00000456. The Bertz CT molecular complexity index is 3600. The van der Waals surface area contributed by atoms with Gasteiger partial charge < -0.3 is 13.9 Å². The van der Waals surface area contributed by atoms with E-state index < -0.39 is 0 Å². The van der Waals surface area contributed by atoms with Crippen LogP contribution in [0, 0.1) is 18.5 Å². The number of aromatic nitrogens is 4. The standard InChI is InChI=1S/C58H40N4O.Pt/c1-58(2,3)39-33-51(38-17-5-4-6-18-38)59-56(34-39)62-53-29-14-12-26-48(53)49-32-31-42(36-55(49)62)63-41-20-15-19-40(35-41)60-37-61-52-28-13-11-25-47(52)45-23-9-7-21-43(45)44-22-8-10-24-46(44)50-27-16-30-54(60)57(50)61;/h4-34H,1-3H3;/q-2;. The first kappa shape index (κ1) is 39.5. The van der Waals surface area contributed by atoms with Crippen LogP contribution in [0.15, 0.2) is 188 Å². The molecule has 0 unspecified atom stereocenters. The molecule has 0 fully saturated rings. The summed E-state index contributed by atoms with van der Waals surface area (Å²) in [7, 11) is 0. The summed E-state index contributed by atoms with van der Waals surface area (Å²) < 4.78 is 13.2. The number of pyridine rings is 1. The minimum absolute atomic E-state index is 0. The molecular weight excluding hydrogens is 964 g/mol. The molecule has 0 aliphatic carbocycles. The van der Waals surface area contributed by atoms with Crippen molar-refractivity contribution in [3.05, 3.63) is 212 Å². The minimum Gasteiger partial charge on any atom is -0.510 e. The van der Waals surface area contributed by atoms with E-state index in [9.17, 15) is 0 Å². The molecular formula is C58H40N4OPt-2. The molecule has 8 aromatic carbocycles. The van der Waals surface area contributed by atoms with Gasteiger partial charge in [0.2, 0.25) is 0 Å². The van der Waals surface area contributed by atoms with Crippen molar-refractivity contribution in [1.29, 1.82) is 0 Å². The molecule has 5 nitrogen and oxygen atoms in total. The fraction of sp³-hybridized carbons (Fsp3) is 0.0690. The minimum atomic E-state index is -0.100.